The lowest BCUT2D eigenvalue weighted by Gasteiger charge is -2.41. The van der Waals surface area contributed by atoms with Crippen molar-refractivity contribution in [1.29, 1.82) is 0 Å². The molecule has 16 heavy (non-hydrogen) atoms. The lowest BCUT2D eigenvalue weighted by atomic mass is 10.1. The van der Waals surface area contributed by atoms with Crippen LogP contribution in [0.25, 0.3) is 0 Å². The highest BCUT2D eigenvalue weighted by atomic mass is 16.5. The molecule has 94 valence electrons. The minimum absolute atomic E-state index is 0.537. The van der Waals surface area contributed by atoms with Gasteiger partial charge in [0.25, 0.3) is 0 Å². The molecule has 1 N–H and O–H groups in total. The van der Waals surface area contributed by atoms with Crippen molar-refractivity contribution in [1.82, 2.24) is 10.2 Å². The van der Waals surface area contributed by atoms with Crippen molar-refractivity contribution in [3.63, 3.8) is 0 Å². The Bertz CT molecular complexity index is 210. The molecule has 2 fully saturated rings. The van der Waals surface area contributed by atoms with E-state index in [0.717, 1.165) is 26.2 Å². The summed E-state index contributed by atoms with van der Waals surface area (Å²) in [5.41, 5.74) is 0. The summed E-state index contributed by atoms with van der Waals surface area (Å²) in [4.78, 5) is 2.69. The Morgan fingerprint density at radius 3 is 3.12 bits per heavy atom. The van der Waals surface area contributed by atoms with Crippen LogP contribution in [0.1, 0.15) is 39.5 Å². The Hall–Kier alpha value is -0.120. The van der Waals surface area contributed by atoms with Gasteiger partial charge < -0.3 is 10.1 Å². The fourth-order valence-electron chi connectivity index (χ4n) is 3.16. The fourth-order valence-corrected chi connectivity index (χ4v) is 3.16. The standard InChI is InChI=1S/C13H26N2O/c1-3-14-8-7-11(2)15-9-10-16-13-6-4-5-12(13)15/h11-14H,3-10H2,1-2H3. The van der Waals surface area contributed by atoms with Gasteiger partial charge in [0, 0.05) is 18.6 Å². The van der Waals surface area contributed by atoms with Crippen molar-refractivity contribution >= 4 is 0 Å². The topological polar surface area (TPSA) is 24.5 Å². The summed E-state index contributed by atoms with van der Waals surface area (Å²) < 4.78 is 5.85. The Morgan fingerprint density at radius 1 is 1.44 bits per heavy atom. The SMILES string of the molecule is CCNCCC(C)N1CCOC2CCCC21. The third-order valence-electron chi connectivity index (χ3n) is 4.08. The molecule has 3 unspecified atom stereocenters. The zero-order chi connectivity index (χ0) is 11.4. The van der Waals surface area contributed by atoms with Crippen LogP contribution >= 0.6 is 0 Å². The highest BCUT2D eigenvalue weighted by Crippen LogP contribution is 2.31. The Balaban J connectivity index is 1.82. The molecule has 0 radical (unpaired) electrons. The number of nitrogens with zero attached hydrogens (tertiary/aromatic N) is 1. The molecule has 3 atom stereocenters. The molecule has 1 saturated heterocycles. The zero-order valence-corrected chi connectivity index (χ0v) is 10.7. The third-order valence-corrected chi connectivity index (χ3v) is 4.08. The van der Waals surface area contributed by atoms with Gasteiger partial charge in [-0.2, -0.15) is 0 Å². The van der Waals surface area contributed by atoms with E-state index in [1.807, 2.05) is 0 Å². The molecule has 2 aliphatic rings. The summed E-state index contributed by atoms with van der Waals surface area (Å²) in [5, 5.41) is 3.42. The van der Waals surface area contributed by atoms with Gasteiger partial charge in [0.1, 0.15) is 0 Å². The minimum atomic E-state index is 0.537. The van der Waals surface area contributed by atoms with Crippen LogP contribution in [0.4, 0.5) is 0 Å². The van der Waals surface area contributed by atoms with E-state index in [1.165, 1.54) is 25.7 Å². The first kappa shape index (κ1) is 12.3. The van der Waals surface area contributed by atoms with Gasteiger partial charge in [-0.15, -0.1) is 0 Å². The third kappa shape index (κ3) is 2.76. The number of ether oxygens (including phenoxy) is 1. The second-order valence-electron chi connectivity index (χ2n) is 5.14. The summed E-state index contributed by atoms with van der Waals surface area (Å²) >= 11 is 0. The predicted molar refractivity (Wildman–Crippen MR) is 66.7 cm³/mol. The number of hydrogen-bond acceptors (Lipinski definition) is 3. The summed E-state index contributed by atoms with van der Waals surface area (Å²) in [6.45, 7) is 8.85. The molecule has 0 bridgehead atoms. The largest absolute Gasteiger partial charge is 0.375 e. The Morgan fingerprint density at radius 2 is 2.31 bits per heavy atom. The predicted octanol–water partition coefficient (Wildman–Crippen LogP) is 1.63. The lowest BCUT2D eigenvalue weighted by molar-refractivity contribution is -0.0700. The molecule has 2 rings (SSSR count). The van der Waals surface area contributed by atoms with Crippen molar-refractivity contribution in [2.24, 2.45) is 0 Å². The summed E-state index contributed by atoms with van der Waals surface area (Å²) in [7, 11) is 0. The highest BCUT2D eigenvalue weighted by molar-refractivity contribution is 4.91. The van der Waals surface area contributed by atoms with E-state index in [2.05, 4.69) is 24.1 Å². The molecule has 1 aliphatic carbocycles. The van der Waals surface area contributed by atoms with Gasteiger partial charge in [0.15, 0.2) is 0 Å². The maximum atomic E-state index is 5.85. The molecule has 1 heterocycles. The molecule has 0 aromatic carbocycles. The molecule has 3 nitrogen and oxygen atoms in total. The van der Waals surface area contributed by atoms with Crippen molar-refractivity contribution in [3.05, 3.63) is 0 Å². The molecule has 1 saturated carbocycles. The maximum Gasteiger partial charge on any atom is 0.0731 e. The summed E-state index contributed by atoms with van der Waals surface area (Å²) in [6.07, 6.45) is 5.77. The average molecular weight is 226 g/mol. The molecule has 1 aliphatic heterocycles. The van der Waals surface area contributed by atoms with Crippen LogP contribution in [0.2, 0.25) is 0 Å². The van der Waals surface area contributed by atoms with Gasteiger partial charge in [0.2, 0.25) is 0 Å². The van der Waals surface area contributed by atoms with Gasteiger partial charge in [-0.25, -0.2) is 0 Å². The lowest BCUT2D eigenvalue weighted by Crippen LogP contribution is -2.52. The number of morpholine rings is 1. The van der Waals surface area contributed by atoms with E-state index < -0.39 is 0 Å². The van der Waals surface area contributed by atoms with Gasteiger partial charge in [-0.3, -0.25) is 4.90 Å². The van der Waals surface area contributed by atoms with Crippen LogP contribution in [0.3, 0.4) is 0 Å². The fraction of sp³-hybridized carbons (Fsp3) is 1.00. The van der Waals surface area contributed by atoms with E-state index in [9.17, 15) is 0 Å². The monoisotopic (exact) mass is 226 g/mol. The molecular weight excluding hydrogens is 200 g/mol. The van der Waals surface area contributed by atoms with Crippen LogP contribution in [0.5, 0.6) is 0 Å². The highest BCUT2D eigenvalue weighted by Gasteiger charge is 2.37. The van der Waals surface area contributed by atoms with E-state index in [-0.39, 0.29) is 0 Å². The van der Waals surface area contributed by atoms with E-state index in [4.69, 9.17) is 4.74 Å². The second-order valence-corrected chi connectivity index (χ2v) is 5.14. The molecule has 3 heteroatoms. The van der Waals surface area contributed by atoms with Crippen LogP contribution < -0.4 is 5.32 Å². The molecule has 0 amide bonds. The van der Waals surface area contributed by atoms with Gasteiger partial charge in [-0.05, 0) is 45.7 Å². The first-order chi connectivity index (χ1) is 7.83. The first-order valence-corrected chi connectivity index (χ1v) is 6.91. The Labute approximate surface area is 99.5 Å². The second kappa shape index (κ2) is 5.99. The molecule has 0 aromatic rings. The van der Waals surface area contributed by atoms with Gasteiger partial charge in [-0.1, -0.05) is 6.92 Å². The van der Waals surface area contributed by atoms with Crippen molar-refractivity contribution in [2.75, 3.05) is 26.2 Å². The van der Waals surface area contributed by atoms with E-state index >= 15 is 0 Å². The average Bonchev–Trinajstić information content (AvgIpc) is 2.76. The van der Waals surface area contributed by atoms with Crippen molar-refractivity contribution in [2.45, 2.75) is 57.7 Å². The van der Waals surface area contributed by atoms with E-state index in [1.54, 1.807) is 0 Å². The number of fused-ring (bicyclic) bond motifs is 1. The normalized spacial score (nSPS) is 32.6. The van der Waals surface area contributed by atoms with Crippen LogP contribution in [-0.2, 0) is 4.74 Å². The van der Waals surface area contributed by atoms with Crippen LogP contribution in [0.15, 0.2) is 0 Å². The molecular formula is C13H26N2O. The zero-order valence-electron chi connectivity index (χ0n) is 10.7. The molecule has 0 spiro atoms. The number of hydrogen-bond donors (Lipinski definition) is 1. The van der Waals surface area contributed by atoms with Crippen LogP contribution in [-0.4, -0.2) is 49.3 Å². The minimum Gasteiger partial charge on any atom is -0.375 e. The van der Waals surface area contributed by atoms with Crippen LogP contribution in [0, 0.1) is 0 Å². The number of nitrogens with one attached hydrogen (secondary N) is 1. The molecule has 0 aromatic heterocycles. The first-order valence-electron chi connectivity index (χ1n) is 6.91. The van der Waals surface area contributed by atoms with E-state index in [0.29, 0.717) is 18.2 Å². The summed E-state index contributed by atoms with van der Waals surface area (Å²) in [5.74, 6) is 0. The maximum absolute atomic E-state index is 5.85. The quantitative estimate of drug-likeness (QED) is 0.721. The van der Waals surface area contributed by atoms with Gasteiger partial charge >= 0.3 is 0 Å². The van der Waals surface area contributed by atoms with Crippen molar-refractivity contribution < 1.29 is 4.74 Å². The Kier molecular flexibility index (Phi) is 4.62. The van der Waals surface area contributed by atoms with Crippen molar-refractivity contribution in [3.8, 4) is 0 Å². The van der Waals surface area contributed by atoms with Gasteiger partial charge in [0.05, 0.1) is 12.7 Å². The summed E-state index contributed by atoms with van der Waals surface area (Å²) in [6, 6.07) is 1.42. The smallest absolute Gasteiger partial charge is 0.0731 e. The number of rotatable bonds is 5.